The summed E-state index contributed by atoms with van der Waals surface area (Å²) in [5, 5.41) is 0. The molecule has 0 heterocycles. The van der Waals surface area contributed by atoms with E-state index in [4.69, 9.17) is 14.2 Å². The molecule has 1 aliphatic rings. The Morgan fingerprint density at radius 1 is 0.650 bits per heavy atom. The van der Waals surface area contributed by atoms with Crippen LogP contribution in [-0.2, 0) is 4.74 Å². The maximum Gasteiger partial charge on any atom is 0.226 e. The van der Waals surface area contributed by atoms with Crippen LogP contribution in [0.25, 0.3) is 11.1 Å². The Balaban J connectivity index is 1.22. The lowest BCUT2D eigenvalue weighted by atomic mass is 9.84. The molecule has 1 saturated carbocycles. The Kier molecular flexibility index (Phi) is 9.92. The zero-order valence-corrected chi connectivity index (χ0v) is 23.9. The van der Waals surface area contributed by atoms with Gasteiger partial charge in [-0.3, -0.25) is 0 Å². The summed E-state index contributed by atoms with van der Waals surface area (Å²) in [6, 6.07) is 35.9. The molecule has 0 radical (unpaired) electrons. The van der Waals surface area contributed by atoms with E-state index < -0.39 is 6.29 Å². The Hall–Kier alpha value is -3.56. The molecule has 2 atom stereocenters. The second-order valence-corrected chi connectivity index (χ2v) is 10.9. The summed E-state index contributed by atoms with van der Waals surface area (Å²) < 4.78 is 18.7. The number of benzene rings is 4. The highest BCUT2D eigenvalue weighted by Gasteiger charge is 2.17. The average molecular weight is 535 g/mol. The van der Waals surface area contributed by atoms with Gasteiger partial charge in [-0.25, -0.2) is 0 Å². The molecule has 3 heteroatoms. The summed E-state index contributed by atoms with van der Waals surface area (Å²) >= 11 is 0. The Labute approximate surface area is 240 Å². The van der Waals surface area contributed by atoms with Crippen LogP contribution in [0.3, 0.4) is 0 Å². The summed E-state index contributed by atoms with van der Waals surface area (Å²) in [6.45, 7) is 5.34. The summed E-state index contributed by atoms with van der Waals surface area (Å²) in [4.78, 5) is 0. The van der Waals surface area contributed by atoms with Crippen molar-refractivity contribution in [2.24, 2.45) is 0 Å². The van der Waals surface area contributed by atoms with Crippen LogP contribution in [0.4, 0.5) is 0 Å². The lowest BCUT2D eigenvalue weighted by Crippen LogP contribution is -2.16. The van der Waals surface area contributed by atoms with Crippen molar-refractivity contribution in [1.29, 1.82) is 0 Å². The first-order chi connectivity index (χ1) is 19.7. The smallest absolute Gasteiger partial charge is 0.226 e. The minimum atomic E-state index is -0.531. The minimum Gasteiger partial charge on any atom is -0.491 e. The molecule has 0 spiro atoms. The fraction of sp³-hybridized carbons (Fsp3) is 0.351. The van der Waals surface area contributed by atoms with Gasteiger partial charge in [0.25, 0.3) is 0 Å². The zero-order chi connectivity index (χ0) is 27.6. The monoisotopic (exact) mass is 534 g/mol. The van der Waals surface area contributed by atoms with E-state index in [0.29, 0.717) is 25.0 Å². The van der Waals surface area contributed by atoms with Crippen LogP contribution in [0.1, 0.15) is 87.2 Å². The van der Waals surface area contributed by atoms with Gasteiger partial charge in [0.1, 0.15) is 18.1 Å². The lowest BCUT2D eigenvalue weighted by Gasteiger charge is -2.22. The van der Waals surface area contributed by atoms with E-state index in [1.165, 1.54) is 54.4 Å². The molecule has 0 saturated heterocycles. The first kappa shape index (κ1) is 28.0. The molecule has 208 valence electrons. The third kappa shape index (κ3) is 7.55. The van der Waals surface area contributed by atoms with E-state index >= 15 is 0 Å². The lowest BCUT2D eigenvalue weighted by molar-refractivity contribution is -0.0902. The second-order valence-electron chi connectivity index (χ2n) is 10.9. The summed E-state index contributed by atoms with van der Waals surface area (Å²) in [6.07, 6.45) is 7.27. The van der Waals surface area contributed by atoms with Gasteiger partial charge in [-0.05, 0) is 77.6 Å². The van der Waals surface area contributed by atoms with E-state index in [0.717, 1.165) is 23.5 Å². The predicted octanol–water partition coefficient (Wildman–Crippen LogP) is 10.1. The first-order valence-corrected chi connectivity index (χ1v) is 15.0. The molecule has 4 aromatic carbocycles. The fourth-order valence-electron chi connectivity index (χ4n) is 5.48. The highest BCUT2D eigenvalue weighted by atomic mass is 16.7. The topological polar surface area (TPSA) is 27.7 Å². The van der Waals surface area contributed by atoms with Gasteiger partial charge in [0.15, 0.2) is 0 Å². The van der Waals surface area contributed by atoms with Gasteiger partial charge in [0.05, 0.1) is 6.61 Å². The number of rotatable bonds is 12. The Bertz CT molecular complexity index is 1270. The average Bonchev–Trinajstić information content (AvgIpc) is 3.03. The predicted molar refractivity (Wildman–Crippen MR) is 164 cm³/mol. The zero-order valence-electron chi connectivity index (χ0n) is 23.9. The summed E-state index contributed by atoms with van der Waals surface area (Å²) in [5.41, 5.74) is 6.09. The van der Waals surface area contributed by atoms with Crippen molar-refractivity contribution in [2.45, 2.75) is 70.5 Å². The van der Waals surface area contributed by atoms with Crippen molar-refractivity contribution in [3.05, 3.63) is 120 Å². The van der Waals surface area contributed by atoms with E-state index in [2.05, 4.69) is 98.8 Å². The molecule has 0 aliphatic heterocycles. The van der Waals surface area contributed by atoms with Gasteiger partial charge in [0.2, 0.25) is 6.29 Å². The standard InChI is InChI=1S/C37H42O3/c1-3-28(2)29-18-24-36(25-19-29)40-37(34-16-14-32(15-17-34)30-10-6-4-7-11-30)39-27-26-38-35-22-20-33(21-23-35)31-12-8-5-9-13-31/h4,6-7,10-11,14-25,28,31,37H,3,5,8-9,12-13,26-27H2,1-2H3. The number of hydrogen-bond donors (Lipinski definition) is 0. The van der Waals surface area contributed by atoms with Crippen molar-refractivity contribution in [2.75, 3.05) is 13.2 Å². The van der Waals surface area contributed by atoms with Crippen molar-refractivity contribution < 1.29 is 14.2 Å². The largest absolute Gasteiger partial charge is 0.491 e. The SMILES string of the molecule is CCC(C)c1ccc(OC(OCCOc2ccc(C3CCCCC3)cc2)c2ccc(-c3ccccc3)cc2)cc1. The van der Waals surface area contributed by atoms with Crippen LogP contribution in [0, 0.1) is 0 Å². The molecule has 3 nitrogen and oxygen atoms in total. The van der Waals surface area contributed by atoms with Crippen LogP contribution < -0.4 is 9.47 Å². The van der Waals surface area contributed by atoms with Crippen LogP contribution in [-0.4, -0.2) is 13.2 Å². The van der Waals surface area contributed by atoms with Gasteiger partial charge in [-0.1, -0.05) is 112 Å². The molecule has 0 N–H and O–H groups in total. The molecule has 4 aromatic rings. The van der Waals surface area contributed by atoms with Gasteiger partial charge >= 0.3 is 0 Å². The second kappa shape index (κ2) is 14.2. The van der Waals surface area contributed by atoms with E-state index in [9.17, 15) is 0 Å². The third-order valence-electron chi connectivity index (χ3n) is 8.17. The molecule has 40 heavy (non-hydrogen) atoms. The molecule has 0 amide bonds. The highest BCUT2D eigenvalue weighted by Crippen LogP contribution is 2.33. The third-order valence-corrected chi connectivity index (χ3v) is 8.17. The molecular formula is C37H42O3. The summed E-state index contributed by atoms with van der Waals surface area (Å²) in [5.74, 6) is 2.91. The van der Waals surface area contributed by atoms with Gasteiger partial charge in [0, 0.05) is 5.56 Å². The van der Waals surface area contributed by atoms with Crippen LogP contribution in [0.2, 0.25) is 0 Å². The van der Waals surface area contributed by atoms with Gasteiger partial charge < -0.3 is 14.2 Å². The molecule has 0 aromatic heterocycles. The van der Waals surface area contributed by atoms with Crippen LogP contribution in [0.5, 0.6) is 11.5 Å². The molecule has 2 unspecified atom stereocenters. The Morgan fingerprint density at radius 2 is 1.27 bits per heavy atom. The van der Waals surface area contributed by atoms with Crippen molar-refractivity contribution >= 4 is 0 Å². The van der Waals surface area contributed by atoms with Gasteiger partial charge in [-0.15, -0.1) is 0 Å². The molecule has 0 bridgehead atoms. The van der Waals surface area contributed by atoms with E-state index in [1.54, 1.807) is 0 Å². The minimum absolute atomic E-state index is 0.417. The maximum absolute atomic E-state index is 6.37. The van der Waals surface area contributed by atoms with Crippen molar-refractivity contribution in [3.8, 4) is 22.6 Å². The maximum atomic E-state index is 6.37. The molecule has 1 aliphatic carbocycles. The van der Waals surface area contributed by atoms with Crippen LogP contribution >= 0.6 is 0 Å². The fourth-order valence-corrected chi connectivity index (χ4v) is 5.48. The quantitative estimate of drug-likeness (QED) is 0.134. The molecule has 5 rings (SSSR count). The van der Waals surface area contributed by atoms with Crippen molar-refractivity contribution in [1.82, 2.24) is 0 Å². The van der Waals surface area contributed by atoms with E-state index in [-0.39, 0.29) is 0 Å². The normalized spacial score (nSPS) is 15.3. The molecular weight excluding hydrogens is 492 g/mol. The Morgan fingerprint density at radius 3 is 1.95 bits per heavy atom. The highest BCUT2D eigenvalue weighted by molar-refractivity contribution is 5.63. The van der Waals surface area contributed by atoms with E-state index in [1.807, 2.05) is 18.2 Å². The number of ether oxygens (including phenoxy) is 3. The number of hydrogen-bond acceptors (Lipinski definition) is 3. The molecule has 1 fully saturated rings. The summed E-state index contributed by atoms with van der Waals surface area (Å²) in [7, 11) is 0. The van der Waals surface area contributed by atoms with Crippen LogP contribution in [0.15, 0.2) is 103 Å². The van der Waals surface area contributed by atoms with Crippen molar-refractivity contribution in [3.63, 3.8) is 0 Å². The van der Waals surface area contributed by atoms with Gasteiger partial charge in [-0.2, -0.15) is 0 Å². The first-order valence-electron chi connectivity index (χ1n) is 15.0.